The number of ketones is 1. The molecule has 0 heterocycles. The molecule has 1 amide bonds. The number of hydrogen-bond acceptors (Lipinski definition) is 3. The lowest BCUT2D eigenvalue weighted by Gasteiger charge is -2.34. The molecule has 0 unspecified atom stereocenters. The lowest BCUT2D eigenvalue weighted by molar-refractivity contribution is -0.127. The molecule has 0 spiro atoms. The summed E-state index contributed by atoms with van der Waals surface area (Å²) in [5.41, 5.74) is 0.963. The van der Waals surface area contributed by atoms with Gasteiger partial charge in [-0.05, 0) is 30.2 Å². The Bertz CT molecular complexity index is 551. The summed E-state index contributed by atoms with van der Waals surface area (Å²) >= 11 is 0. The molecular formula is C20H27NO3. The first-order valence-corrected chi connectivity index (χ1v) is 9.21. The topological polar surface area (TPSA) is 55.4 Å². The molecule has 4 heteroatoms. The third kappa shape index (κ3) is 4.37. The maximum Gasteiger partial charge on any atom is 0.407 e. The summed E-state index contributed by atoms with van der Waals surface area (Å²) < 4.78 is 5.25. The second-order valence-corrected chi connectivity index (χ2v) is 7.12. The molecular weight excluding hydrogens is 302 g/mol. The zero-order valence-corrected chi connectivity index (χ0v) is 14.2. The standard InChI is InChI=1S/C20H27NO3/c22-19-12-6-11-17(16-9-4-5-10-16)18(19)13-21-20(23)24-14-15-7-2-1-3-8-15/h1-3,7-8,16-18H,4-6,9-14H2,(H,21,23)/t17-,18-/m0/s1. The Hall–Kier alpha value is -1.84. The molecule has 0 radical (unpaired) electrons. The van der Waals surface area contributed by atoms with E-state index < -0.39 is 6.09 Å². The quantitative estimate of drug-likeness (QED) is 0.885. The fourth-order valence-electron chi connectivity index (χ4n) is 4.32. The van der Waals surface area contributed by atoms with E-state index in [1.165, 1.54) is 25.7 Å². The molecule has 2 aliphatic carbocycles. The van der Waals surface area contributed by atoms with E-state index in [1.807, 2.05) is 30.3 Å². The minimum atomic E-state index is -0.428. The van der Waals surface area contributed by atoms with E-state index in [-0.39, 0.29) is 12.5 Å². The zero-order valence-electron chi connectivity index (χ0n) is 14.2. The highest BCUT2D eigenvalue weighted by atomic mass is 16.5. The maximum atomic E-state index is 12.4. The van der Waals surface area contributed by atoms with E-state index >= 15 is 0 Å². The average Bonchev–Trinajstić information content (AvgIpc) is 3.14. The molecule has 0 aliphatic heterocycles. The molecule has 2 fully saturated rings. The molecule has 130 valence electrons. The number of amides is 1. The van der Waals surface area contributed by atoms with Crippen LogP contribution in [0.1, 0.15) is 50.5 Å². The molecule has 2 atom stereocenters. The molecule has 0 aromatic heterocycles. The number of alkyl carbamates (subject to hydrolysis) is 1. The predicted molar refractivity (Wildman–Crippen MR) is 92.4 cm³/mol. The predicted octanol–water partition coefficient (Wildman–Crippen LogP) is 4.09. The van der Waals surface area contributed by atoms with E-state index in [0.717, 1.165) is 18.4 Å². The smallest absolute Gasteiger partial charge is 0.407 e. The molecule has 2 aliphatic rings. The van der Waals surface area contributed by atoms with Crippen LogP contribution in [0.5, 0.6) is 0 Å². The first kappa shape index (κ1) is 17.0. The van der Waals surface area contributed by atoms with E-state index in [1.54, 1.807) is 0 Å². The third-order valence-electron chi connectivity index (χ3n) is 5.58. The highest BCUT2D eigenvalue weighted by Crippen LogP contribution is 2.41. The Morgan fingerprint density at radius 2 is 1.83 bits per heavy atom. The highest BCUT2D eigenvalue weighted by molar-refractivity contribution is 5.82. The van der Waals surface area contributed by atoms with Crippen molar-refractivity contribution in [2.75, 3.05) is 6.54 Å². The minimum absolute atomic E-state index is 0.0221. The molecule has 4 nitrogen and oxygen atoms in total. The molecule has 3 rings (SSSR count). The summed E-state index contributed by atoms with van der Waals surface area (Å²) in [6.45, 7) is 0.685. The summed E-state index contributed by atoms with van der Waals surface area (Å²) in [5.74, 6) is 1.41. The summed E-state index contributed by atoms with van der Waals surface area (Å²) in [6, 6.07) is 9.62. The van der Waals surface area contributed by atoms with E-state index in [0.29, 0.717) is 30.6 Å². The van der Waals surface area contributed by atoms with Gasteiger partial charge in [-0.1, -0.05) is 56.0 Å². The lowest BCUT2D eigenvalue weighted by atomic mass is 9.71. The summed E-state index contributed by atoms with van der Waals surface area (Å²) in [7, 11) is 0. The van der Waals surface area contributed by atoms with Crippen LogP contribution in [0.2, 0.25) is 0 Å². The molecule has 24 heavy (non-hydrogen) atoms. The van der Waals surface area contributed by atoms with Crippen molar-refractivity contribution in [1.82, 2.24) is 5.32 Å². The number of benzene rings is 1. The number of hydrogen-bond donors (Lipinski definition) is 1. The SMILES string of the molecule is O=C(NC[C@@H]1C(=O)CCC[C@H]1C1CCCC1)OCc1ccccc1. The minimum Gasteiger partial charge on any atom is -0.445 e. The maximum absolute atomic E-state index is 12.4. The van der Waals surface area contributed by atoms with Crippen LogP contribution in [0.15, 0.2) is 30.3 Å². The van der Waals surface area contributed by atoms with Gasteiger partial charge in [0.05, 0.1) is 0 Å². The van der Waals surface area contributed by atoms with Gasteiger partial charge in [-0.2, -0.15) is 0 Å². The molecule has 1 aromatic rings. The van der Waals surface area contributed by atoms with Crippen molar-refractivity contribution in [1.29, 1.82) is 0 Å². The normalized spacial score (nSPS) is 24.8. The molecule has 2 saturated carbocycles. The first-order valence-electron chi connectivity index (χ1n) is 9.21. The highest BCUT2D eigenvalue weighted by Gasteiger charge is 2.37. The van der Waals surface area contributed by atoms with Crippen molar-refractivity contribution in [2.45, 2.75) is 51.6 Å². The number of carbonyl (C=O) groups excluding carboxylic acids is 2. The Morgan fingerprint density at radius 3 is 2.58 bits per heavy atom. The van der Waals surface area contributed by atoms with Crippen molar-refractivity contribution in [3.8, 4) is 0 Å². The van der Waals surface area contributed by atoms with Crippen molar-refractivity contribution in [3.63, 3.8) is 0 Å². The van der Waals surface area contributed by atoms with Crippen LogP contribution < -0.4 is 5.32 Å². The van der Waals surface area contributed by atoms with Gasteiger partial charge in [0.1, 0.15) is 12.4 Å². The number of rotatable bonds is 5. The third-order valence-corrected chi connectivity index (χ3v) is 5.58. The van der Waals surface area contributed by atoms with Gasteiger partial charge in [0, 0.05) is 18.9 Å². The van der Waals surface area contributed by atoms with Crippen molar-refractivity contribution in [3.05, 3.63) is 35.9 Å². The van der Waals surface area contributed by atoms with Gasteiger partial charge < -0.3 is 10.1 Å². The van der Waals surface area contributed by atoms with Gasteiger partial charge in [-0.3, -0.25) is 4.79 Å². The number of carbonyl (C=O) groups is 2. The summed E-state index contributed by atoms with van der Waals surface area (Å²) in [4.78, 5) is 24.3. The lowest BCUT2D eigenvalue weighted by Crippen LogP contribution is -2.41. The Labute approximate surface area is 144 Å². The van der Waals surface area contributed by atoms with Gasteiger partial charge in [0.15, 0.2) is 0 Å². The Kier molecular flexibility index (Phi) is 5.89. The van der Waals surface area contributed by atoms with E-state index in [4.69, 9.17) is 4.74 Å². The average molecular weight is 329 g/mol. The molecule has 1 N–H and O–H groups in total. The van der Waals surface area contributed by atoms with Crippen molar-refractivity contribution < 1.29 is 14.3 Å². The molecule has 0 saturated heterocycles. The Morgan fingerprint density at radius 1 is 1.08 bits per heavy atom. The largest absolute Gasteiger partial charge is 0.445 e. The summed E-state index contributed by atoms with van der Waals surface area (Å²) in [6.07, 6.45) is 7.43. The number of nitrogens with one attached hydrogen (secondary N) is 1. The second kappa shape index (κ2) is 8.32. The molecule has 0 bridgehead atoms. The molecule has 1 aromatic carbocycles. The monoisotopic (exact) mass is 329 g/mol. The van der Waals surface area contributed by atoms with E-state index in [2.05, 4.69) is 5.32 Å². The number of ether oxygens (including phenoxy) is 1. The first-order chi connectivity index (χ1) is 11.7. The van der Waals surface area contributed by atoms with Crippen LogP contribution in [0.3, 0.4) is 0 Å². The summed E-state index contributed by atoms with van der Waals surface area (Å²) in [5, 5.41) is 2.82. The van der Waals surface area contributed by atoms with Crippen LogP contribution in [-0.2, 0) is 16.1 Å². The van der Waals surface area contributed by atoms with E-state index in [9.17, 15) is 9.59 Å². The van der Waals surface area contributed by atoms with Gasteiger partial charge in [-0.15, -0.1) is 0 Å². The van der Waals surface area contributed by atoms with Crippen LogP contribution in [0, 0.1) is 17.8 Å². The van der Waals surface area contributed by atoms with Gasteiger partial charge in [0.25, 0.3) is 0 Å². The van der Waals surface area contributed by atoms with Gasteiger partial charge in [-0.25, -0.2) is 4.79 Å². The van der Waals surface area contributed by atoms with Crippen molar-refractivity contribution in [2.24, 2.45) is 17.8 Å². The van der Waals surface area contributed by atoms with Gasteiger partial charge >= 0.3 is 6.09 Å². The van der Waals surface area contributed by atoms with Gasteiger partial charge in [0.2, 0.25) is 0 Å². The number of Topliss-reactive ketones (excluding diaryl/α,β-unsaturated/α-hetero) is 1. The van der Waals surface area contributed by atoms with Crippen LogP contribution >= 0.6 is 0 Å². The fraction of sp³-hybridized carbons (Fsp3) is 0.600. The van der Waals surface area contributed by atoms with Crippen molar-refractivity contribution >= 4 is 11.9 Å². The zero-order chi connectivity index (χ0) is 16.8. The Balaban J connectivity index is 1.49. The van der Waals surface area contributed by atoms with Crippen LogP contribution in [0.4, 0.5) is 4.79 Å². The second-order valence-electron chi connectivity index (χ2n) is 7.12. The van der Waals surface area contributed by atoms with Crippen LogP contribution in [-0.4, -0.2) is 18.4 Å². The fourth-order valence-corrected chi connectivity index (χ4v) is 4.32. The van der Waals surface area contributed by atoms with Crippen LogP contribution in [0.25, 0.3) is 0 Å².